The molecule has 1 fully saturated rings. The van der Waals surface area contributed by atoms with E-state index in [1.165, 1.54) is 12.1 Å². The lowest BCUT2D eigenvalue weighted by molar-refractivity contribution is 0.0931. The zero-order valence-corrected chi connectivity index (χ0v) is 12.4. The molecule has 0 unspecified atom stereocenters. The highest BCUT2D eigenvalue weighted by Crippen LogP contribution is 2.41. The second-order valence-corrected chi connectivity index (χ2v) is 5.91. The predicted molar refractivity (Wildman–Crippen MR) is 81.9 cm³/mol. The predicted octanol–water partition coefficient (Wildman–Crippen LogP) is 3.44. The van der Waals surface area contributed by atoms with E-state index in [2.05, 4.69) is 5.32 Å². The van der Waals surface area contributed by atoms with Gasteiger partial charge in [0, 0.05) is 5.56 Å². The van der Waals surface area contributed by atoms with Crippen molar-refractivity contribution in [2.24, 2.45) is 5.92 Å². The molecular weight excluding hydrogens is 297 g/mol. The third-order valence-corrected chi connectivity index (χ3v) is 4.24. The molecule has 1 aliphatic heterocycles. The van der Waals surface area contributed by atoms with Gasteiger partial charge in [0.1, 0.15) is 5.82 Å². The van der Waals surface area contributed by atoms with Gasteiger partial charge in [0.2, 0.25) is 6.79 Å². The standard InChI is InChI=1S/C18H16FNO3/c19-14-6-3-12(4-7-14)17(11-1-2-11)20-18(21)13-5-8-15-16(9-13)23-10-22-15/h3-9,11,17H,1-2,10H2,(H,20,21)/t17-/m0/s1. The normalized spacial score (nSPS) is 16.9. The number of ether oxygens (including phenoxy) is 2. The van der Waals surface area contributed by atoms with Crippen LogP contribution in [0.5, 0.6) is 11.5 Å². The molecule has 4 nitrogen and oxygen atoms in total. The van der Waals surface area contributed by atoms with Gasteiger partial charge in [-0.1, -0.05) is 12.1 Å². The molecule has 0 bridgehead atoms. The first-order chi connectivity index (χ1) is 11.2. The van der Waals surface area contributed by atoms with E-state index in [4.69, 9.17) is 9.47 Å². The van der Waals surface area contributed by atoms with E-state index in [9.17, 15) is 9.18 Å². The van der Waals surface area contributed by atoms with Gasteiger partial charge in [-0.15, -0.1) is 0 Å². The lowest BCUT2D eigenvalue weighted by Gasteiger charge is -2.19. The van der Waals surface area contributed by atoms with Crippen LogP contribution in [0.2, 0.25) is 0 Å². The molecule has 1 amide bonds. The van der Waals surface area contributed by atoms with Gasteiger partial charge in [0.25, 0.3) is 5.91 Å². The van der Waals surface area contributed by atoms with Crippen LogP contribution in [-0.4, -0.2) is 12.7 Å². The molecule has 1 N–H and O–H groups in total. The van der Waals surface area contributed by atoms with Crippen LogP contribution in [0.15, 0.2) is 42.5 Å². The van der Waals surface area contributed by atoms with Gasteiger partial charge in [-0.2, -0.15) is 0 Å². The van der Waals surface area contributed by atoms with Crippen molar-refractivity contribution in [1.29, 1.82) is 0 Å². The number of hydrogen-bond donors (Lipinski definition) is 1. The SMILES string of the molecule is O=C(N[C@H](c1ccc(F)cc1)C1CC1)c1ccc2c(c1)OCO2. The van der Waals surface area contributed by atoms with E-state index in [1.54, 1.807) is 30.3 Å². The van der Waals surface area contributed by atoms with Gasteiger partial charge in [-0.05, 0) is 54.7 Å². The molecule has 4 rings (SSSR count). The lowest BCUT2D eigenvalue weighted by atomic mass is 10.0. The van der Waals surface area contributed by atoms with Gasteiger partial charge in [-0.25, -0.2) is 4.39 Å². The van der Waals surface area contributed by atoms with Crippen molar-refractivity contribution in [2.75, 3.05) is 6.79 Å². The summed E-state index contributed by atoms with van der Waals surface area (Å²) in [5.74, 6) is 1.22. The number of hydrogen-bond acceptors (Lipinski definition) is 3. The Labute approximate surface area is 133 Å². The Morgan fingerprint density at radius 3 is 2.57 bits per heavy atom. The fourth-order valence-corrected chi connectivity index (χ4v) is 2.84. The number of carbonyl (C=O) groups is 1. The Morgan fingerprint density at radius 2 is 1.83 bits per heavy atom. The Bertz CT molecular complexity index is 740. The summed E-state index contributed by atoms with van der Waals surface area (Å²) >= 11 is 0. The first-order valence-electron chi connectivity index (χ1n) is 7.67. The van der Waals surface area contributed by atoms with Crippen LogP contribution in [0.1, 0.15) is 34.8 Å². The first-order valence-corrected chi connectivity index (χ1v) is 7.67. The molecular formula is C18H16FNO3. The first kappa shape index (κ1) is 14.1. The van der Waals surface area contributed by atoms with Gasteiger partial charge < -0.3 is 14.8 Å². The van der Waals surface area contributed by atoms with Crippen molar-refractivity contribution in [1.82, 2.24) is 5.32 Å². The number of halogens is 1. The summed E-state index contributed by atoms with van der Waals surface area (Å²) in [6, 6.07) is 11.4. The molecule has 1 saturated carbocycles. The van der Waals surface area contributed by atoms with Crippen LogP contribution < -0.4 is 14.8 Å². The monoisotopic (exact) mass is 313 g/mol. The van der Waals surface area contributed by atoms with Crippen molar-refractivity contribution in [3.8, 4) is 11.5 Å². The van der Waals surface area contributed by atoms with Crippen molar-refractivity contribution in [3.05, 3.63) is 59.4 Å². The Morgan fingerprint density at radius 1 is 1.09 bits per heavy atom. The molecule has 2 aromatic carbocycles. The molecule has 0 radical (unpaired) electrons. The number of fused-ring (bicyclic) bond motifs is 1. The Kier molecular flexibility index (Phi) is 3.41. The highest BCUT2D eigenvalue weighted by atomic mass is 19.1. The summed E-state index contributed by atoms with van der Waals surface area (Å²) in [4.78, 5) is 12.5. The third-order valence-electron chi connectivity index (χ3n) is 4.24. The van der Waals surface area contributed by atoms with Crippen LogP contribution >= 0.6 is 0 Å². The molecule has 0 spiro atoms. The zero-order valence-electron chi connectivity index (χ0n) is 12.4. The topological polar surface area (TPSA) is 47.6 Å². The summed E-state index contributed by atoms with van der Waals surface area (Å²) in [6.45, 7) is 0.181. The van der Waals surface area contributed by atoms with E-state index < -0.39 is 0 Å². The van der Waals surface area contributed by atoms with E-state index in [0.717, 1.165) is 18.4 Å². The summed E-state index contributed by atoms with van der Waals surface area (Å²) < 4.78 is 23.7. The molecule has 1 heterocycles. The second-order valence-electron chi connectivity index (χ2n) is 5.91. The fourth-order valence-electron chi connectivity index (χ4n) is 2.84. The van der Waals surface area contributed by atoms with Gasteiger partial charge in [0.15, 0.2) is 11.5 Å². The average molecular weight is 313 g/mol. The van der Waals surface area contributed by atoms with Crippen LogP contribution in [-0.2, 0) is 0 Å². The van der Waals surface area contributed by atoms with Crippen molar-refractivity contribution >= 4 is 5.91 Å². The summed E-state index contributed by atoms with van der Waals surface area (Å²) in [5, 5.41) is 3.06. The quantitative estimate of drug-likeness (QED) is 0.940. The number of carbonyl (C=O) groups excluding carboxylic acids is 1. The van der Waals surface area contributed by atoms with Crippen molar-refractivity contribution in [3.63, 3.8) is 0 Å². The second kappa shape index (κ2) is 5.57. The molecule has 5 heteroatoms. The minimum Gasteiger partial charge on any atom is -0.454 e. The summed E-state index contributed by atoms with van der Waals surface area (Å²) in [6.07, 6.45) is 2.15. The van der Waals surface area contributed by atoms with Gasteiger partial charge >= 0.3 is 0 Å². The molecule has 0 aromatic heterocycles. The molecule has 2 aromatic rings. The highest BCUT2D eigenvalue weighted by Gasteiger charge is 2.33. The zero-order chi connectivity index (χ0) is 15.8. The minimum absolute atomic E-state index is 0.0893. The Balaban J connectivity index is 1.54. The largest absolute Gasteiger partial charge is 0.454 e. The summed E-state index contributed by atoms with van der Waals surface area (Å²) in [7, 11) is 0. The van der Waals surface area contributed by atoms with Crippen LogP contribution in [0.4, 0.5) is 4.39 Å². The van der Waals surface area contributed by atoms with Crippen molar-refractivity contribution < 1.29 is 18.7 Å². The molecule has 118 valence electrons. The minimum atomic E-state index is -0.273. The van der Waals surface area contributed by atoms with Gasteiger partial charge in [-0.3, -0.25) is 4.79 Å². The van der Waals surface area contributed by atoms with Gasteiger partial charge in [0.05, 0.1) is 6.04 Å². The van der Waals surface area contributed by atoms with Crippen molar-refractivity contribution in [2.45, 2.75) is 18.9 Å². The molecule has 1 atom stereocenters. The van der Waals surface area contributed by atoms with Crippen LogP contribution in [0.25, 0.3) is 0 Å². The number of nitrogens with one attached hydrogen (secondary N) is 1. The molecule has 1 aliphatic carbocycles. The maximum absolute atomic E-state index is 13.1. The lowest BCUT2D eigenvalue weighted by Crippen LogP contribution is -2.29. The van der Waals surface area contributed by atoms with E-state index >= 15 is 0 Å². The maximum Gasteiger partial charge on any atom is 0.251 e. The Hall–Kier alpha value is -2.56. The van der Waals surface area contributed by atoms with E-state index in [-0.39, 0.29) is 24.6 Å². The summed E-state index contributed by atoms with van der Waals surface area (Å²) in [5.41, 5.74) is 1.46. The number of benzene rings is 2. The molecule has 2 aliphatic rings. The van der Waals surface area contributed by atoms with E-state index in [0.29, 0.717) is 23.0 Å². The van der Waals surface area contributed by atoms with E-state index in [1.807, 2.05) is 0 Å². The molecule has 0 saturated heterocycles. The fraction of sp³-hybridized carbons (Fsp3) is 0.278. The number of amides is 1. The third kappa shape index (κ3) is 2.86. The smallest absolute Gasteiger partial charge is 0.251 e. The molecule has 23 heavy (non-hydrogen) atoms. The highest BCUT2D eigenvalue weighted by molar-refractivity contribution is 5.95. The van der Waals surface area contributed by atoms with Crippen LogP contribution in [0.3, 0.4) is 0 Å². The average Bonchev–Trinajstić information content (AvgIpc) is 3.30. The maximum atomic E-state index is 13.1. The number of rotatable bonds is 4. The van der Waals surface area contributed by atoms with Crippen LogP contribution in [0, 0.1) is 11.7 Å².